The maximum Gasteiger partial charge on any atom is 0.224 e. The molecule has 2 N–H and O–H groups in total. The van der Waals surface area contributed by atoms with Crippen molar-refractivity contribution in [1.82, 2.24) is 5.32 Å². The van der Waals surface area contributed by atoms with Gasteiger partial charge in [-0.2, -0.15) is 0 Å². The minimum absolute atomic E-state index is 0.0490. The summed E-state index contributed by atoms with van der Waals surface area (Å²) >= 11 is 0. The predicted molar refractivity (Wildman–Crippen MR) is 113 cm³/mol. The second kappa shape index (κ2) is 11.5. The summed E-state index contributed by atoms with van der Waals surface area (Å²) in [5.41, 5.74) is 2.02. The standard InChI is InChI=1S/C24H33NO3/c1-4-6-15-28-21-14-10-13-20(16-21)22(5-2)18(3)24(27)25-23(17-26)19-11-8-7-9-12-19/h7-14,16,18,22-23,26H,4-6,15,17H2,1-3H3,(H,25,27)/t18-,22-,23+/m1/s1. The highest BCUT2D eigenvalue weighted by Crippen LogP contribution is 2.31. The Bertz CT molecular complexity index is 717. The summed E-state index contributed by atoms with van der Waals surface area (Å²) in [6.07, 6.45) is 2.98. The number of ether oxygens (including phenoxy) is 1. The minimum Gasteiger partial charge on any atom is -0.494 e. The highest BCUT2D eigenvalue weighted by molar-refractivity contribution is 5.80. The molecule has 4 heteroatoms. The molecule has 0 unspecified atom stereocenters. The molecule has 0 aliphatic carbocycles. The first kappa shape index (κ1) is 22.0. The first-order chi connectivity index (χ1) is 13.6. The van der Waals surface area contributed by atoms with Crippen LogP contribution in [0.2, 0.25) is 0 Å². The Hall–Kier alpha value is -2.33. The third-order valence-corrected chi connectivity index (χ3v) is 5.21. The van der Waals surface area contributed by atoms with Gasteiger partial charge in [0.15, 0.2) is 0 Å². The van der Waals surface area contributed by atoms with Gasteiger partial charge >= 0.3 is 0 Å². The van der Waals surface area contributed by atoms with Crippen LogP contribution < -0.4 is 10.1 Å². The van der Waals surface area contributed by atoms with Gasteiger partial charge in [-0.15, -0.1) is 0 Å². The van der Waals surface area contributed by atoms with Crippen molar-refractivity contribution in [1.29, 1.82) is 0 Å². The van der Waals surface area contributed by atoms with E-state index in [9.17, 15) is 9.90 Å². The zero-order valence-corrected chi connectivity index (χ0v) is 17.2. The smallest absolute Gasteiger partial charge is 0.224 e. The molecule has 0 spiro atoms. The van der Waals surface area contributed by atoms with Gasteiger partial charge in [-0.05, 0) is 42.0 Å². The number of carbonyl (C=O) groups is 1. The molecule has 152 valence electrons. The zero-order chi connectivity index (χ0) is 20.4. The molecule has 4 nitrogen and oxygen atoms in total. The molecule has 28 heavy (non-hydrogen) atoms. The van der Waals surface area contributed by atoms with Gasteiger partial charge in [-0.3, -0.25) is 4.79 Å². The van der Waals surface area contributed by atoms with Crippen LogP contribution in [0.15, 0.2) is 54.6 Å². The highest BCUT2D eigenvalue weighted by Gasteiger charge is 2.26. The van der Waals surface area contributed by atoms with Crippen LogP contribution in [-0.2, 0) is 4.79 Å². The van der Waals surface area contributed by atoms with Crippen molar-refractivity contribution in [2.75, 3.05) is 13.2 Å². The molecule has 1 amide bonds. The number of nitrogens with one attached hydrogen (secondary N) is 1. The maximum absolute atomic E-state index is 12.9. The normalized spacial score (nSPS) is 14.1. The number of benzene rings is 2. The molecule has 3 atom stereocenters. The minimum atomic E-state index is -0.391. The summed E-state index contributed by atoms with van der Waals surface area (Å²) in [6.45, 7) is 6.78. The molecule has 2 aromatic rings. The molecule has 2 aromatic carbocycles. The van der Waals surface area contributed by atoms with Gasteiger partial charge in [-0.1, -0.05) is 69.7 Å². The average Bonchev–Trinajstić information content (AvgIpc) is 2.73. The van der Waals surface area contributed by atoms with E-state index in [-0.39, 0.29) is 24.3 Å². The largest absolute Gasteiger partial charge is 0.494 e. The molecular formula is C24H33NO3. The lowest BCUT2D eigenvalue weighted by Crippen LogP contribution is -2.36. The van der Waals surface area contributed by atoms with Crippen molar-refractivity contribution in [3.63, 3.8) is 0 Å². The molecule has 0 heterocycles. The van der Waals surface area contributed by atoms with E-state index in [0.29, 0.717) is 6.61 Å². The number of carbonyl (C=O) groups excluding carboxylic acids is 1. The molecule has 0 fully saturated rings. The SMILES string of the molecule is CCCCOc1cccc([C@H](CC)[C@@H](C)C(=O)N[C@@H](CO)c2ccccc2)c1. The van der Waals surface area contributed by atoms with E-state index in [1.165, 1.54) is 0 Å². The van der Waals surface area contributed by atoms with E-state index in [1.54, 1.807) is 0 Å². The summed E-state index contributed by atoms with van der Waals surface area (Å²) in [7, 11) is 0. The van der Waals surface area contributed by atoms with E-state index in [0.717, 1.165) is 36.1 Å². The lowest BCUT2D eigenvalue weighted by Gasteiger charge is -2.25. The number of aliphatic hydroxyl groups is 1. The van der Waals surface area contributed by atoms with Crippen LogP contribution in [0.4, 0.5) is 0 Å². The van der Waals surface area contributed by atoms with Gasteiger partial charge in [0.2, 0.25) is 5.91 Å². The number of aliphatic hydroxyl groups excluding tert-OH is 1. The first-order valence-electron chi connectivity index (χ1n) is 10.3. The quantitative estimate of drug-likeness (QED) is 0.546. The van der Waals surface area contributed by atoms with Gasteiger partial charge in [0.25, 0.3) is 0 Å². The molecule has 0 saturated heterocycles. The van der Waals surface area contributed by atoms with Crippen molar-refractivity contribution < 1.29 is 14.6 Å². The fourth-order valence-electron chi connectivity index (χ4n) is 3.45. The van der Waals surface area contributed by atoms with Crippen molar-refractivity contribution in [2.24, 2.45) is 5.92 Å². The van der Waals surface area contributed by atoms with E-state index < -0.39 is 6.04 Å². The molecule has 0 bridgehead atoms. The van der Waals surface area contributed by atoms with Crippen molar-refractivity contribution in [2.45, 2.75) is 52.0 Å². The topological polar surface area (TPSA) is 58.6 Å². The van der Waals surface area contributed by atoms with E-state index >= 15 is 0 Å². The maximum atomic E-state index is 12.9. The summed E-state index contributed by atoms with van der Waals surface area (Å²) in [5, 5.41) is 12.7. The fraction of sp³-hybridized carbons (Fsp3) is 0.458. The molecule has 0 aliphatic heterocycles. The van der Waals surface area contributed by atoms with Crippen LogP contribution in [0.1, 0.15) is 63.1 Å². The Kier molecular flexibility index (Phi) is 9.02. The second-order valence-corrected chi connectivity index (χ2v) is 7.23. The van der Waals surface area contributed by atoms with Crippen LogP contribution in [0.5, 0.6) is 5.75 Å². The Morgan fingerprint density at radius 1 is 1.07 bits per heavy atom. The van der Waals surface area contributed by atoms with Crippen molar-refractivity contribution in [3.05, 3.63) is 65.7 Å². The fourth-order valence-corrected chi connectivity index (χ4v) is 3.45. The molecule has 0 aliphatic rings. The van der Waals surface area contributed by atoms with Gasteiger partial charge in [0.05, 0.1) is 19.3 Å². The van der Waals surface area contributed by atoms with Gasteiger partial charge in [-0.25, -0.2) is 0 Å². The van der Waals surface area contributed by atoms with E-state index in [4.69, 9.17) is 4.74 Å². The third-order valence-electron chi connectivity index (χ3n) is 5.21. The van der Waals surface area contributed by atoms with E-state index in [1.807, 2.05) is 55.5 Å². The molecule has 2 rings (SSSR count). The Morgan fingerprint density at radius 3 is 2.43 bits per heavy atom. The molecule has 0 saturated carbocycles. The Morgan fingerprint density at radius 2 is 1.79 bits per heavy atom. The summed E-state index contributed by atoms with van der Waals surface area (Å²) < 4.78 is 5.83. The summed E-state index contributed by atoms with van der Waals surface area (Å²) in [5.74, 6) is 0.681. The predicted octanol–water partition coefficient (Wildman–Crippen LogP) is 4.85. The van der Waals surface area contributed by atoms with Crippen LogP contribution in [0.25, 0.3) is 0 Å². The van der Waals surface area contributed by atoms with Crippen LogP contribution in [0.3, 0.4) is 0 Å². The van der Waals surface area contributed by atoms with Gasteiger partial charge < -0.3 is 15.2 Å². The Balaban J connectivity index is 2.08. The number of hydrogen-bond donors (Lipinski definition) is 2. The number of hydrogen-bond acceptors (Lipinski definition) is 3. The number of amides is 1. The number of rotatable bonds is 11. The monoisotopic (exact) mass is 383 g/mol. The van der Waals surface area contributed by atoms with Gasteiger partial charge in [0, 0.05) is 5.92 Å². The van der Waals surface area contributed by atoms with Crippen molar-refractivity contribution >= 4 is 5.91 Å². The average molecular weight is 384 g/mol. The lowest BCUT2D eigenvalue weighted by molar-refractivity contribution is -0.126. The molecular weight excluding hydrogens is 350 g/mol. The highest BCUT2D eigenvalue weighted by atomic mass is 16.5. The summed E-state index contributed by atoms with van der Waals surface area (Å²) in [6, 6.07) is 17.2. The first-order valence-corrected chi connectivity index (χ1v) is 10.3. The third kappa shape index (κ3) is 6.10. The zero-order valence-electron chi connectivity index (χ0n) is 17.2. The van der Waals surface area contributed by atoms with Crippen LogP contribution in [0, 0.1) is 5.92 Å². The lowest BCUT2D eigenvalue weighted by atomic mass is 9.84. The molecule has 0 radical (unpaired) electrons. The second-order valence-electron chi connectivity index (χ2n) is 7.23. The molecule has 0 aromatic heterocycles. The van der Waals surface area contributed by atoms with Crippen LogP contribution in [-0.4, -0.2) is 24.2 Å². The van der Waals surface area contributed by atoms with Crippen LogP contribution >= 0.6 is 0 Å². The number of unbranched alkanes of at least 4 members (excludes halogenated alkanes) is 1. The van der Waals surface area contributed by atoms with Gasteiger partial charge in [0.1, 0.15) is 5.75 Å². The Labute approximate surface area is 168 Å². The van der Waals surface area contributed by atoms with E-state index in [2.05, 4.69) is 25.2 Å². The van der Waals surface area contributed by atoms with Crippen molar-refractivity contribution in [3.8, 4) is 5.75 Å². The summed E-state index contributed by atoms with van der Waals surface area (Å²) in [4.78, 5) is 12.9.